The van der Waals surface area contributed by atoms with Gasteiger partial charge in [0.25, 0.3) is 0 Å². The molecule has 138 valence electrons. The summed E-state index contributed by atoms with van der Waals surface area (Å²) in [5.74, 6) is 0.233. The summed E-state index contributed by atoms with van der Waals surface area (Å²) < 4.78 is 13.0. The Balaban J connectivity index is 1.39. The Labute approximate surface area is 149 Å². The molecule has 1 aromatic rings. The Hall–Kier alpha value is -1.82. The van der Waals surface area contributed by atoms with Crippen LogP contribution in [-0.2, 0) is 0 Å². The second kappa shape index (κ2) is 8.52. The molecule has 0 unspecified atom stereocenters. The van der Waals surface area contributed by atoms with E-state index in [2.05, 4.69) is 27.4 Å². The molecule has 1 aromatic carbocycles. The van der Waals surface area contributed by atoms with E-state index in [0.29, 0.717) is 12.5 Å². The number of nitrogens with one attached hydrogen (secondary N) is 2. The minimum absolute atomic E-state index is 0.0526. The first kappa shape index (κ1) is 18.0. The topological polar surface area (TPSA) is 47.6 Å². The van der Waals surface area contributed by atoms with Crippen LogP contribution >= 0.6 is 0 Å². The lowest BCUT2D eigenvalue weighted by molar-refractivity contribution is 0.192. The SMILES string of the molecule is CCN1CCC[C@@H](NC(=O)NC[C@H]2CCN(c3ccc(F)cc3)C2)C1. The maximum atomic E-state index is 13.0. The van der Waals surface area contributed by atoms with E-state index in [-0.39, 0.29) is 17.9 Å². The number of amides is 2. The fraction of sp³-hybridized carbons (Fsp3) is 0.632. The number of nitrogens with zero attached hydrogens (tertiary/aromatic N) is 2. The van der Waals surface area contributed by atoms with Crippen LogP contribution in [0.25, 0.3) is 0 Å². The summed E-state index contributed by atoms with van der Waals surface area (Å²) in [7, 11) is 0. The van der Waals surface area contributed by atoms with Crippen molar-refractivity contribution in [3.8, 4) is 0 Å². The van der Waals surface area contributed by atoms with Gasteiger partial charge in [0.2, 0.25) is 0 Å². The molecular weight excluding hydrogens is 319 g/mol. The predicted octanol–water partition coefficient (Wildman–Crippen LogP) is 2.44. The predicted molar refractivity (Wildman–Crippen MR) is 98.4 cm³/mol. The molecule has 0 saturated carbocycles. The van der Waals surface area contributed by atoms with E-state index in [0.717, 1.165) is 57.7 Å². The molecule has 0 radical (unpaired) electrons. The van der Waals surface area contributed by atoms with E-state index >= 15 is 0 Å². The average Bonchev–Trinajstić information content (AvgIpc) is 3.10. The van der Waals surface area contributed by atoms with Crippen molar-refractivity contribution in [1.29, 1.82) is 0 Å². The lowest BCUT2D eigenvalue weighted by Gasteiger charge is -2.32. The molecule has 2 aliphatic heterocycles. The molecule has 0 aromatic heterocycles. The van der Waals surface area contributed by atoms with E-state index < -0.39 is 0 Å². The standard InChI is InChI=1S/C19H29FN4O/c1-2-23-10-3-4-17(14-23)22-19(25)21-12-15-9-11-24(13-15)18-7-5-16(20)6-8-18/h5-8,15,17H,2-4,9-14H2,1H3,(H2,21,22,25)/t15-,17-/m1/s1. The summed E-state index contributed by atoms with van der Waals surface area (Å²) in [5, 5.41) is 6.14. The van der Waals surface area contributed by atoms with E-state index in [1.807, 2.05) is 12.1 Å². The lowest BCUT2D eigenvalue weighted by Crippen LogP contribution is -2.51. The van der Waals surface area contributed by atoms with Crippen LogP contribution in [0.4, 0.5) is 14.9 Å². The second-order valence-corrected chi connectivity index (χ2v) is 7.16. The Morgan fingerprint density at radius 2 is 2.00 bits per heavy atom. The third kappa shape index (κ3) is 5.08. The van der Waals surface area contributed by atoms with Crippen molar-refractivity contribution in [2.24, 2.45) is 5.92 Å². The molecule has 5 nitrogen and oxygen atoms in total. The van der Waals surface area contributed by atoms with Crippen LogP contribution in [0.15, 0.2) is 24.3 Å². The monoisotopic (exact) mass is 348 g/mol. The van der Waals surface area contributed by atoms with Gasteiger partial charge in [0.1, 0.15) is 5.82 Å². The fourth-order valence-corrected chi connectivity index (χ4v) is 3.82. The third-order valence-electron chi connectivity index (χ3n) is 5.32. The number of carbonyl (C=O) groups excluding carboxylic acids is 1. The normalized spacial score (nSPS) is 24.3. The number of benzene rings is 1. The summed E-state index contributed by atoms with van der Waals surface area (Å²) in [6.45, 7) is 7.83. The van der Waals surface area contributed by atoms with Gasteiger partial charge in [-0.05, 0) is 62.5 Å². The number of likely N-dealkylation sites (N-methyl/N-ethyl adjacent to an activating group) is 1. The van der Waals surface area contributed by atoms with Gasteiger partial charge in [-0.15, -0.1) is 0 Å². The summed E-state index contributed by atoms with van der Waals surface area (Å²) in [6.07, 6.45) is 3.25. The highest BCUT2D eigenvalue weighted by molar-refractivity contribution is 5.74. The molecule has 2 fully saturated rings. The first-order chi connectivity index (χ1) is 12.1. The minimum atomic E-state index is -0.206. The number of hydrogen-bond donors (Lipinski definition) is 2. The molecule has 2 amide bonds. The maximum Gasteiger partial charge on any atom is 0.315 e. The van der Waals surface area contributed by atoms with Crippen LogP contribution in [0.5, 0.6) is 0 Å². The first-order valence-electron chi connectivity index (χ1n) is 9.41. The first-order valence-corrected chi connectivity index (χ1v) is 9.41. The van der Waals surface area contributed by atoms with Crippen molar-refractivity contribution in [2.75, 3.05) is 44.2 Å². The summed E-state index contributed by atoms with van der Waals surface area (Å²) in [4.78, 5) is 16.8. The lowest BCUT2D eigenvalue weighted by atomic mass is 10.1. The Morgan fingerprint density at radius 1 is 1.20 bits per heavy atom. The van der Waals surface area contributed by atoms with Crippen LogP contribution in [-0.4, -0.2) is 56.2 Å². The highest BCUT2D eigenvalue weighted by Crippen LogP contribution is 2.23. The van der Waals surface area contributed by atoms with E-state index in [9.17, 15) is 9.18 Å². The van der Waals surface area contributed by atoms with Gasteiger partial charge in [-0.1, -0.05) is 6.92 Å². The molecule has 2 N–H and O–H groups in total. The average molecular weight is 348 g/mol. The Bertz CT molecular complexity index is 565. The largest absolute Gasteiger partial charge is 0.371 e. The van der Waals surface area contributed by atoms with Crippen LogP contribution in [0.2, 0.25) is 0 Å². The Kier molecular flexibility index (Phi) is 6.13. The number of likely N-dealkylation sites (tertiary alicyclic amines) is 1. The van der Waals surface area contributed by atoms with E-state index in [4.69, 9.17) is 0 Å². The molecular formula is C19H29FN4O. The van der Waals surface area contributed by atoms with Crippen molar-refractivity contribution < 1.29 is 9.18 Å². The number of rotatable bonds is 5. The molecule has 0 bridgehead atoms. The molecule has 0 aliphatic carbocycles. The van der Waals surface area contributed by atoms with E-state index in [1.165, 1.54) is 12.1 Å². The van der Waals surface area contributed by atoms with Crippen LogP contribution in [0.3, 0.4) is 0 Å². The van der Waals surface area contributed by atoms with Crippen LogP contribution in [0.1, 0.15) is 26.2 Å². The molecule has 2 heterocycles. The molecule has 6 heteroatoms. The minimum Gasteiger partial charge on any atom is -0.371 e. The zero-order valence-corrected chi connectivity index (χ0v) is 15.0. The van der Waals surface area contributed by atoms with Crippen LogP contribution in [0, 0.1) is 11.7 Å². The van der Waals surface area contributed by atoms with Gasteiger partial charge in [0.05, 0.1) is 0 Å². The maximum absolute atomic E-state index is 13.0. The van der Waals surface area contributed by atoms with Gasteiger partial charge < -0.3 is 20.4 Å². The Morgan fingerprint density at radius 3 is 2.76 bits per heavy atom. The quantitative estimate of drug-likeness (QED) is 0.859. The number of urea groups is 1. The van der Waals surface area contributed by atoms with E-state index in [1.54, 1.807) is 0 Å². The van der Waals surface area contributed by atoms with Gasteiger partial charge in [-0.25, -0.2) is 9.18 Å². The second-order valence-electron chi connectivity index (χ2n) is 7.16. The van der Waals surface area contributed by atoms with Crippen molar-refractivity contribution in [3.63, 3.8) is 0 Å². The molecule has 2 saturated heterocycles. The number of anilines is 1. The third-order valence-corrected chi connectivity index (χ3v) is 5.32. The molecule has 2 atom stereocenters. The zero-order valence-electron chi connectivity index (χ0n) is 15.0. The number of hydrogen-bond acceptors (Lipinski definition) is 3. The van der Waals surface area contributed by atoms with Crippen molar-refractivity contribution >= 4 is 11.7 Å². The smallest absolute Gasteiger partial charge is 0.315 e. The summed E-state index contributed by atoms with van der Waals surface area (Å²) in [5.41, 5.74) is 1.05. The molecule has 3 rings (SSSR count). The highest BCUT2D eigenvalue weighted by atomic mass is 19.1. The fourth-order valence-electron chi connectivity index (χ4n) is 3.82. The van der Waals surface area contributed by atoms with Gasteiger partial charge in [-0.3, -0.25) is 0 Å². The van der Waals surface area contributed by atoms with Gasteiger partial charge in [0.15, 0.2) is 0 Å². The number of carbonyl (C=O) groups is 1. The number of halogens is 1. The molecule has 25 heavy (non-hydrogen) atoms. The molecule has 2 aliphatic rings. The van der Waals surface area contributed by atoms with Crippen molar-refractivity contribution in [2.45, 2.75) is 32.2 Å². The summed E-state index contributed by atoms with van der Waals surface area (Å²) >= 11 is 0. The highest BCUT2D eigenvalue weighted by Gasteiger charge is 2.24. The van der Waals surface area contributed by atoms with Gasteiger partial charge in [-0.2, -0.15) is 0 Å². The van der Waals surface area contributed by atoms with Crippen molar-refractivity contribution in [3.05, 3.63) is 30.1 Å². The summed E-state index contributed by atoms with van der Waals surface area (Å²) in [6, 6.07) is 6.84. The number of piperidine rings is 1. The van der Waals surface area contributed by atoms with Gasteiger partial charge >= 0.3 is 6.03 Å². The zero-order chi connectivity index (χ0) is 17.6. The molecule has 0 spiro atoms. The van der Waals surface area contributed by atoms with Crippen molar-refractivity contribution in [1.82, 2.24) is 15.5 Å². The van der Waals surface area contributed by atoms with Crippen LogP contribution < -0.4 is 15.5 Å². The van der Waals surface area contributed by atoms with Gasteiger partial charge in [0, 0.05) is 37.9 Å².